The Morgan fingerprint density at radius 1 is 1.34 bits per heavy atom. The van der Waals surface area contributed by atoms with Gasteiger partial charge >= 0.3 is 0 Å². The first-order valence-corrected chi connectivity index (χ1v) is 12.1. The number of nitrogens with zero attached hydrogens (tertiary/aromatic N) is 3. The van der Waals surface area contributed by atoms with Gasteiger partial charge in [-0.3, -0.25) is 0 Å². The van der Waals surface area contributed by atoms with Gasteiger partial charge in [-0.1, -0.05) is 12.1 Å². The summed E-state index contributed by atoms with van der Waals surface area (Å²) in [6.07, 6.45) is 7.40. The summed E-state index contributed by atoms with van der Waals surface area (Å²) in [6, 6.07) is 11.4. The fraction of sp³-hybridized carbons (Fsp3) is 0.462. The molecule has 0 spiro atoms. The lowest BCUT2D eigenvalue weighted by atomic mass is 9.80. The molecule has 3 N–H and O–H groups in total. The third kappa shape index (κ3) is 4.79. The third-order valence-corrected chi connectivity index (χ3v) is 7.15. The predicted molar refractivity (Wildman–Crippen MR) is 134 cm³/mol. The summed E-state index contributed by atoms with van der Waals surface area (Å²) in [5, 5.41) is 14.3. The molecule has 0 bridgehead atoms. The van der Waals surface area contributed by atoms with Crippen molar-refractivity contribution in [2.24, 2.45) is 11.7 Å². The lowest BCUT2D eigenvalue weighted by molar-refractivity contribution is 0.551. The van der Waals surface area contributed by atoms with E-state index < -0.39 is 0 Å². The largest absolute Gasteiger partial charge is 0.398 e. The van der Waals surface area contributed by atoms with Crippen LogP contribution in [0.1, 0.15) is 54.1 Å². The molecule has 2 atom stereocenters. The summed E-state index contributed by atoms with van der Waals surface area (Å²) in [7, 11) is 0. The molecule has 0 saturated carbocycles. The van der Waals surface area contributed by atoms with Crippen molar-refractivity contribution >= 4 is 24.0 Å². The molecule has 4 rings (SSSR count). The number of anilines is 1. The highest BCUT2D eigenvalue weighted by Gasteiger charge is 2.25. The number of nitriles is 1. The second-order valence-corrected chi connectivity index (χ2v) is 9.41. The molecule has 0 radical (unpaired) electrons. The zero-order valence-corrected chi connectivity index (χ0v) is 20.0. The van der Waals surface area contributed by atoms with E-state index in [4.69, 9.17) is 5.73 Å². The maximum Gasteiger partial charge on any atom is 0.103 e. The topological polar surface area (TPSA) is 78.0 Å². The maximum absolute atomic E-state index is 10.1. The summed E-state index contributed by atoms with van der Waals surface area (Å²) in [4.78, 5) is 6.78. The van der Waals surface area contributed by atoms with Crippen molar-refractivity contribution in [3.05, 3.63) is 58.3 Å². The number of likely N-dealkylation sites (N-methyl/N-ethyl adjacent to an activating group) is 1. The van der Waals surface area contributed by atoms with Gasteiger partial charge < -0.3 is 16.0 Å². The van der Waals surface area contributed by atoms with Gasteiger partial charge in [-0.05, 0) is 87.7 Å². The number of hydrogen-bond acceptors (Lipinski definition) is 6. The number of nitrogens with one attached hydrogen (secondary N) is 1. The summed E-state index contributed by atoms with van der Waals surface area (Å²) in [5.41, 5.74) is 13.4. The Hall–Kier alpha value is -2.49. The first kappa shape index (κ1) is 22.7. The van der Waals surface area contributed by atoms with Gasteiger partial charge in [-0.15, -0.1) is 12.6 Å². The van der Waals surface area contributed by atoms with Crippen LogP contribution in [0, 0.1) is 24.2 Å². The van der Waals surface area contributed by atoms with Crippen molar-refractivity contribution in [2.75, 3.05) is 24.5 Å². The monoisotopic (exact) mass is 447 g/mol. The van der Waals surface area contributed by atoms with Crippen molar-refractivity contribution in [2.45, 2.75) is 57.0 Å². The second-order valence-electron chi connectivity index (χ2n) is 8.99. The van der Waals surface area contributed by atoms with E-state index in [1.54, 1.807) is 0 Å². The van der Waals surface area contributed by atoms with Gasteiger partial charge in [0.05, 0.1) is 11.3 Å². The highest BCUT2D eigenvalue weighted by molar-refractivity contribution is 7.80. The van der Waals surface area contributed by atoms with E-state index in [0.29, 0.717) is 17.0 Å². The molecule has 0 amide bonds. The zero-order valence-electron chi connectivity index (χ0n) is 19.1. The van der Waals surface area contributed by atoms with Gasteiger partial charge in [0.2, 0.25) is 0 Å². The van der Waals surface area contributed by atoms with Crippen LogP contribution in [-0.4, -0.2) is 30.7 Å². The van der Waals surface area contributed by atoms with Crippen LogP contribution in [0.4, 0.5) is 5.69 Å². The highest BCUT2D eigenvalue weighted by atomic mass is 32.1. The molecule has 1 aliphatic heterocycles. The fourth-order valence-electron chi connectivity index (χ4n) is 5.09. The Morgan fingerprint density at radius 2 is 2.19 bits per heavy atom. The molecule has 168 valence electrons. The van der Waals surface area contributed by atoms with Crippen LogP contribution in [0.3, 0.4) is 0 Å². The van der Waals surface area contributed by atoms with E-state index in [0.717, 1.165) is 67.1 Å². The number of rotatable bonds is 6. The third-order valence-electron chi connectivity index (χ3n) is 6.81. The van der Waals surface area contributed by atoms with Gasteiger partial charge in [0, 0.05) is 36.1 Å². The van der Waals surface area contributed by atoms with E-state index in [1.165, 1.54) is 24.0 Å². The minimum atomic E-state index is 0.346. The highest BCUT2D eigenvalue weighted by Crippen LogP contribution is 2.35. The predicted octanol–water partition coefficient (Wildman–Crippen LogP) is 4.23. The van der Waals surface area contributed by atoms with Crippen molar-refractivity contribution in [1.29, 1.82) is 5.26 Å². The summed E-state index contributed by atoms with van der Waals surface area (Å²) in [5.74, 6) is 0.346. The van der Waals surface area contributed by atoms with Crippen LogP contribution in [0.5, 0.6) is 0 Å². The van der Waals surface area contributed by atoms with Crippen LogP contribution < -0.4 is 16.0 Å². The van der Waals surface area contributed by atoms with Crippen LogP contribution in [0.15, 0.2) is 35.4 Å². The normalized spacial score (nSPS) is 20.6. The Labute approximate surface area is 197 Å². The lowest BCUT2D eigenvalue weighted by Gasteiger charge is -2.31. The van der Waals surface area contributed by atoms with Gasteiger partial charge in [0.25, 0.3) is 0 Å². The fourth-order valence-corrected chi connectivity index (χ4v) is 5.45. The van der Waals surface area contributed by atoms with E-state index >= 15 is 0 Å². The Bertz CT molecular complexity index is 1050. The van der Waals surface area contributed by atoms with Crippen LogP contribution in [0.2, 0.25) is 0 Å². The molecule has 32 heavy (non-hydrogen) atoms. The van der Waals surface area contributed by atoms with Crippen molar-refractivity contribution in [1.82, 2.24) is 10.3 Å². The van der Waals surface area contributed by atoms with Crippen LogP contribution in [-0.2, 0) is 12.8 Å². The van der Waals surface area contributed by atoms with E-state index in [2.05, 4.69) is 59.0 Å². The van der Waals surface area contributed by atoms with Crippen molar-refractivity contribution in [3.63, 3.8) is 0 Å². The number of allylic oxidation sites excluding steroid dienone is 1. The summed E-state index contributed by atoms with van der Waals surface area (Å²) < 4.78 is 0. The quantitative estimate of drug-likeness (QED) is 0.578. The first-order valence-electron chi connectivity index (χ1n) is 11.7. The van der Waals surface area contributed by atoms with Gasteiger partial charge in [0.1, 0.15) is 11.1 Å². The SMILES string of the molecule is CCN(CC1CCCN1)c1ccc2c(c1C#N)CCC(/C=C(\N)c1ccc(C)nc1S)C2. The Morgan fingerprint density at radius 3 is 2.88 bits per heavy atom. The first-order chi connectivity index (χ1) is 15.5. The maximum atomic E-state index is 10.1. The standard InChI is InChI=1S/C26H33N5S/c1-3-31(16-20-5-4-12-29-20)25-11-8-19-13-18(7-10-21(19)23(25)15-27)14-24(28)22-9-6-17(2)30-26(22)32/h6,8-9,11,14,18,20,29H,3-5,7,10,12-13,16,28H2,1-2H3,(H,30,32)/b24-14-. The van der Waals surface area contributed by atoms with Gasteiger partial charge in [-0.25, -0.2) is 4.98 Å². The smallest absolute Gasteiger partial charge is 0.103 e. The van der Waals surface area contributed by atoms with Crippen LogP contribution in [0.25, 0.3) is 5.70 Å². The molecule has 1 fully saturated rings. The van der Waals surface area contributed by atoms with Gasteiger partial charge in [0.15, 0.2) is 0 Å². The number of fused-ring (bicyclic) bond motifs is 1. The average Bonchev–Trinajstić information content (AvgIpc) is 3.29. The minimum absolute atomic E-state index is 0.346. The molecule has 1 aromatic carbocycles. The molecule has 2 aromatic rings. The molecule has 1 aliphatic carbocycles. The number of aryl methyl sites for hydroxylation is 1. The van der Waals surface area contributed by atoms with Crippen LogP contribution >= 0.6 is 12.6 Å². The van der Waals surface area contributed by atoms with Gasteiger partial charge in [-0.2, -0.15) is 5.26 Å². The molecule has 2 heterocycles. The number of hydrogen-bond donors (Lipinski definition) is 3. The summed E-state index contributed by atoms with van der Waals surface area (Å²) in [6.45, 7) is 7.09. The Balaban J connectivity index is 1.55. The minimum Gasteiger partial charge on any atom is -0.398 e. The van der Waals surface area contributed by atoms with E-state index in [9.17, 15) is 5.26 Å². The van der Waals surface area contributed by atoms with E-state index in [1.807, 2.05) is 19.1 Å². The number of thiol groups is 1. The second kappa shape index (κ2) is 9.97. The number of nitrogens with two attached hydrogens (primary N) is 1. The molecule has 6 heteroatoms. The molecular weight excluding hydrogens is 414 g/mol. The Kier molecular flexibility index (Phi) is 7.07. The molecule has 1 aromatic heterocycles. The number of pyridine rings is 1. The number of benzene rings is 1. The molecule has 2 aliphatic rings. The zero-order chi connectivity index (χ0) is 22.7. The molecule has 5 nitrogen and oxygen atoms in total. The van der Waals surface area contributed by atoms with Crippen molar-refractivity contribution < 1.29 is 0 Å². The molecule has 2 unspecified atom stereocenters. The lowest BCUT2D eigenvalue weighted by Crippen LogP contribution is -2.38. The molecular formula is C26H33N5S. The van der Waals surface area contributed by atoms with E-state index in [-0.39, 0.29) is 0 Å². The van der Waals surface area contributed by atoms with Crippen molar-refractivity contribution in [3.8, 4) is 6.07 Å². The number of aromatic nitrogens is 1. The average molecular weight is 448 g/mol. The molecule has 1 saturated heterocycles. The summed E-state index contributed by atoms with van der Waals surface area (Å²) >= 11 is 4.50.